The van der Waals surface area contributed by atoms with E-state index in [1.165, 1.54) is 38.5 Å². The fourth-order valence-electron chi connectivity index (χ4n) is 2.83. The molecule has 4 heteroatoms. The lowest BCUT2D eigenvalue weighted by Crippen LogP contribution is -2.28. The van der Waals surface area contributed by atoms with Crippen molar-refractivity contribution in [3.63, 3.8) is 0 Å². The molecule has 2 atom stereocenters. The van der Waals surface area contributed by atoms with Gasteiger partial charge >= 0.3 is 0 Å². The SMILES string of the molecule is CCCCCCCC(CC1CCS(=O)(=O)C1)NC. The molecule has 108 valence electrons. The van der Waals surface area contributed by atoms with Crippen molar-refractivity contribution in [1.82, 2.24) is 5.32 Å². The largest absolute Gasteiger partial charge is 0.317 e. The van der Waals surface area contributed by atoms with E-state index in [2.05, 4.69) is 12.2 Å². The predicted octanol–water partition coefficient (Wildman–Crippen LogP) is 2.76. The monoisotopic (exact) mass is 275 g/mol. The third-order valence-corrected chi connectivity index (χ3v) is 5.85. The van der Waals surface area contributed by atoms with E-state index in [4.69, 9.17) is 0 Å². The zero-order valence-electron chi connectivity index (χ0n) is 12.0. The summed E-state index contributed by atoms with van der Waals surface area (Å²) < 4.78 is 22.8. The molecule has 0 saturated carbocycles. The van der Waals surface area contributed by atoms with Gasteiger partial charge in [0.25, 0.3) is 0 Å². The van der Waals surface area contributed by atoms with Crippen LogP contribution in [0, 0.1) is 5.92 Å². The van der Waals surface area contributed by atoms with Crippen molar-refractivity contribution in [2.45, 2.75) is 64.3 Å². The van der Waals surface area contributed by atoms with Crippen LogP contribution in [-0.4, -0.2) is 33.0 Å². The summed E-state index contributed by atoms with van der Waals surface area (Å²) in [6.07, 6.45) is 9.64. The number of hydrogen-bond acceptors (Lipinski definition) is 3. The molecular weight excluding hydrogens is 246 g/mol. The first-order valence-corrected chi connectivity index (χ1v) is 9.27. The lowest BCUT2D eigenvalue weighted by Gasteiger charge is -2.19. The van der Waals surface area contributed by atoms with Crippen molar-refractivity contribution < 1.29 is 8.42 Å². The maximum absolute atomic E-state index is 11.4. The Bertz CT molecular complexity index is 314. The van der Waals surface area contributed by atoms with Gasteiger partial charge in [0.05, 0.1) is 11.5 Å². The summed E-state index contributed by atoms with van der Waals surface area (Å²) in [5.74, 6) is 1.22. The molecule has 2 unspecified atom stereocenters. The molecule has 0 aliphatic carbocycles. The Hall–Kier alpha value is -0.0900. The average molecular weight is 275 g/mol. The van der Waals surface area contributed by atoms with Gasteiger partial charge in [0.15, 0.2) is 9.84 Å². The fraction of sp³-hybridized carbons (Fsp3) is 1.00. The van der Waals surface area contributed by atoms with Gasteiger partial charge in [-0.3, -0.25) is 0 Å². The first-order valence-electron chi connectivity index (χ1n) is 7.45. The van der Waals surface area contributed by atoms with Gasteiger partial charge in [-0.15, -0.1) is 0 Å². The quantitative estimate of drug-likeness (QED) is 0.658. The molecule has 0 aromatic heterocycles. The van der Waals surface area contributed by atoms with Crippen LogP contribution in [0.3, 0.4) is 0 Å². The first-order chi connectivity index (χ1) is 8.57. The molecule has 1 N–H and O–H groups in total. The van der Waals surface area contributed by atoms with E-state index in [1.54, 1.807) is 0 Å². The van der Waals surface area contributed by atoms with E-state index in [0.29, 0.717) is 23.5 Å². The van der Waals surface area contributed by atoms with Crippen LogP contribution >= 0.6 is 0 Å². The molecular formula is C14H29NO2S. The van der Waals surface area contributed by atoms with E-state index in [1.807, 2.05) is 7.05 Å². The maximum atomic E-state index is 11.4. The summed E-state index contributed by atoms with van der Waals surface area (Å²) in [7, 11) is -0.709. The number of nitrogens with one attached hydrogen (secondary N) is 1. The number of hydrogen-bond donors (Lipinski definition) is 1. The Morgan fingerprint density at radius 3 is 2.50 bits per heavy atom. The van der Waals surface area contributed by atoms with E-state index < -0.39 is 9.84 Å². The summed E-state index contributed by atoms with van der Waals surface area (Å²) in [5, 5.41) is 3.35. The zero-order valence-corrected chi connectivity index (χ0v) is 12.8. The van der Waals surface area contributed by atoms with Crippen LogP contribution in [0.4, 0.5) is 0 Å². The molecule has 1 aliphatic heterocycles. The summed E-state index contributed by atoms with van der Waals surface area (Å²) in [5.41, 5.74) is 0. The first kappa shape index (κ1) is 16.0. The molecule has 1 rings (SSSR count). The van der Waals surface area contributed by atoms with Crippen LogP contribution in [-0.2, 0) is 9.84 Å². The molecule has 3 nitrogen and oxygen atoms in total. The maximum Gasteiger partial charge on any atom is 0.150 e. The minimum atomic E-state index is -2.71. The van der Waals surface area contributed by atoms with Gasteiger partial charge in [0.2, 0.25) is 0 Å². The lowest BCUT2D eigenvalue weighted by atomic mass is 9.95. The lowest BCUT2D eigenvalue weighted by molar-refractivity contribution is 0.393. The molecule has 18 heavy (non-hydrogen) atoms. The normalized spacial score (nSPS) is 24.2. The predicted molar refractivity (Wildman–Crippen MR) is 77.6 cm³/mol. The van der Waals surface area contributed by atoms with E-state index in [0.717, 1.165) is 12.8 Å². The van der Waals surface area contributed by atoms with Gasteiger partial charge in [-0.05, 0) is 32.2 Å². The van der Waals surface area contributed by atoms with E-state index >= 15 is 0 Å². The van der Waals surface area contributed by atoms with Crippen LogP contribution in [0.25, 0.3) is 0 Å². The highest BCUT2D eigenvalue weighted by Crippen LogP contribution is 2.24. The van der Waals surface area contributed by atoms with Crippen molar-refractivity contribution in [2.75, 3.05) is 18.6 Å². The third-order valence-electron chi connectivity index (χ3n) is 4.01. The van der Waals surface area contributed by atoms with Gasteiger partial charge in [0.1, 0.15) is 0 Å². The van der Waals surface area contributed by atoms with Crippen LogP contribution in [0.15, 0.2) is 0 Å². The minimum Gasteiger partial charge on any atom is -0.317 e. The standard InChI is InChI=1S/C14H29NO2S/c1-3-4-5-6-7-8-14(15-2)11-13-9-10-18(16,17)12-13/h13-15H,3-12H2,1-2H3. The molecule has 1 aliphatic rings. The Labute approximate surface area is 113 Å². The third kappa shape index (κ3) is 6.19. The smallest absolute Gasteiger partial charge is 0.150 e. The molecule has 1 heterocycles. The van der Waals surface area contributed by atoms with Crippen molar-refractivity contribution >= 4 is 9.84 Å². The Morgan fingerprint density at radius 1 is 1.22 bits per heavy atom. The Kier molecular flexibility index (Phi) is 7.23. The van der Waals surface area contributed by atoms with Gasteiger partial charge in [-0.2, -0.15) is 0 Å². The van der Waals surface area contributed by atoms with Crippen molar-refractivity contribution in [3.05, 3.63) is 0 Å². The van der Waals surface area contributed by atoms with Gasteiger partial charge in [-0.25, -0.2) is 8.42 Å². The minimum absolute atomic E-state index is 0.392. The highest BCUT2D eigenvalue weighted by molar-refractivity contribution is 7.91. The van der Waals surface area contributed by atoms with Gasteiger partial charge in [0, 0.05) is 6.04 Å². The zero-order chi connectivity index (χ0) is 13.4. The topological polar surface area (TPSA) is 46.2 Å². The highest BCUT2D eigenvalue weighted by Gasteiger charge is 2.29. The second-order valence-electron chi connectivity index (χ2n) is 5.69. The van der Waals surface area contributed by atoms with E-state index in [-0.39, 0.29) is 0 Å². The summed E-state index contributed by atoms with van der Waals surface area (Å²) in [6, 6.07) is 0.505. The van der Waals surface area contributed by atoms with Crippen LogP contribution in [0.1, 0.15) is 58.3 Å². The Balaban J connectivity index is 2.17. The van der Waals surface area contributed by atoms with Crippen LogP contribution in [0.5, 0.6) is 0 Å². The summed E-state index contributed by atoms with van der Waals surface area (Å²) in [4.78, 5) is 0. The molecule has 0 amide bonds. The molecule has 0 aromatic carbocycles. The number of unbranched alkanes of at least 4 members (excludes halogenated alkanes) is 4. The van der Waals surface area contributed by atoms with Crippen molar-refractivity contribution in [1.29, 1.82) is 0 Å². The molecule has 0 aromatic rings. The van der Waals surface area contributed by atoms with Gasteiger partial charge < -0.3 is 5.32 Å². The van der Waals surface area contributed by atoms with Crippen LogP contribution in [0.2, 0.25) is 0 Å². The molecule has 1 saturated heterocycles. The molecule has 0 radical (unpaired) electrons. The van der Waals surface area contributed by atoms with Gasteiger partial charge in [-0.1, -0.05) is 39.0 Å². The second-order valence-corrected chi connectivity index (χ2v) is 7.92. The number of sulfone groups is 1. The number of rotatable bonds is 9. The van der Waals surface area contributed by atoms with Crippen molar-refractivity contribution in [3.8, 4) is 0 Å². The highest BCUT2D eigenvalue weighted by atomic mass is 32.2. The molecule has 0 bridgehead atoms. The average Bonchev–Trinajstić information content (AvgIpc) is 2.67. The second kappa shape index (κ2) is 8.16. The van der Waals surface area contributed by atoms with E-state index in [9.17, 15) is 8.42 Å². The summed E-state index contributed by atoms with van der Waals surface area (Å²) in [6.45, 7) is 2.23. The fourth-order valence-corrected chi connectivity index (χ4v) is 4.71. The molecule has 1 fully saturated rings. The van der Waals surface area contributed by atoms with Crippen LogP contribution < -0.4 is 5.32 Å². The van der Waals surface area contributed by atoms with Crippen molar-refractivity contribution in [2.24, 2.45) is 5.92 Å². The summed E-state index contributed by atoms with van der Waals surface area (Å²) >= 11 is 0. The molecule has 0 spiro atoms. The Morgan fingerprint density at radius 2 is 1.94 bits per heavy atom.